The Balaban J connectivity index is 1.50. The van der Waals surface area contributed by atoms with Crippen LogP contribution in [-0.4, -0.2) is 21.2 Å². The number of fused-ring (bicyclic) bond motifs is 1. The number of hydrogen-bond acceptors (Lipinski definition) is 3. The van der Waals surface area contributed by atoms with Gasteiger partial charge in [0.25, 0.3) is 0 Å². The number of rotatable bonds is 5. The lowest BCUT2D eigenvalue weighted by Gasteiger charge is -2.12. The van der Waals surface area contributed by atoms with Crippen molar-refractivity contribution < 1.29 is 4.79 Å². The smallest absolute Gasteiger partial charge is 0.220 e. The van der Waals surface area contributed by atoms with Gasteiger partial charge in [0.05, 0.1) is 17.9 Å². The first kappa shape index (κ1) is 15.8. The second-order valence-corrected chi connectivity index (χ2v) is 7.75. The quantitative estimate of drug-likeness (QED) is 0.898. The minimum atomic E-state index is 0.183. The highest BCUT2D eigenvalue weighted by Gasteiger charge is 2.23. The molecule has 1 fully saturated rings. The molecule has 2 aromatic rings. The maximum atomic E-state index is 12.3. The number of thioether (sulfide) groups is 1. The van der Waals surface area contributed by atoms with Crippen LogP contribution in [0.25, 0.3) is 11.3 Å². The maximum absolute atomic E-state index is 12.3. The summed E-state index contributed by atoms with van der Waals surface area (Å²) in [5.41, 5.74) is 3.28. The largest absolute Gasteiger partial charge is 0.350 e. The van der Waals surface area contributed by atoms with E-state index in [4.69, 9.17) is 4.98 Å². The molecule has 0 spiro atoms. The number of amides is 1. The highest BCUT2D eigenvalue weighted by molar-refractivity contribution is 7.99. The summed E-state index contributed by atoms with van der Waals surface area (Å²) in [6.45, 7) is 1.55. The molecule has 1 aliphatic heterocycles. The molecule has 1 aromatic heterocycles. The maximum Gasteiger partial charge on any atom is 0.220 e. The first-order valence-corrected chi connectivity index (χ1v) is 9.84. The van der Waals surface area contributed by atoms with E-state index in [1.807, 2.05) is 18.2 Å². The third-order valence-corrected chi connectivity index (χ3v) is 5.99. The van der Waals surface area contributed by atoms with E-state index in [1.165, 1.54) is 25.7 Å². The number of carbonyl (C=O) groups excluding carboxylic acids is 1. The Labute approximate surface area is 147 Å². The molecule has 0 unspecified atom stereocenters. The van der Waals surface area contributed by atoms with Crippen molar-refractivity contribution in [2.24, 2.45) is 5.92 Å². The van der Waals surface area contributed by atoms with Crippen molar-refractivity contribution in [3.63, 3.8) is 0 Å². The van der Waals surface area contributed by atoms with Crippen LogP contribution < -0.4 is 5.32 Å². The molecular formula is C19H23N3OS. The minimum Gasteiger partial charge on any atom is -0.350 e. The van der Waals surface area contributed by atoms with Crippen molar-refractivity contribution in [3.05, 3.63) is 36.0 Å². The molecule has 2 aliphatic rings. The van der Waals surface area contributed by atoms with Crippen LogP contribution in [0.15, 0.2) is 35.5 Å². The third kappa shape index (κ3) is 3.22. The van der Waals surface area contributed by atoms with Gasteiger partial charge in [0.2, 0.25) is 5.91 Å². The average Bonchev–Trinajstić information content (AvgIpc) is 3.31. The second kappa shape index (κ2) is 7.01. The van der Waals surface area contributed by atoms with E-state index in [0.29, 0.717) is 18.9 Å². The number of nitrogens with one attached hydrogen (secondary N) is 1. The number of aromatic nitrogens is 2. The monoisotopic (exact) mass is 341 g/mol. The molecule has 4 nitrogen and oxygen atoms in total. The zero-order valence-corrected chi connectivity index (χ0v) is 14.6. The standard InChI is InChI=1S/C19H23N3OS/c23-17(12-14-6-4-5-7-14)20-13-16-18(15-8-2-1-3-9-15)21-19-22(16)10-11-24-19/h1-3,8-9,14H,4-7,10-13H2,(H,20,23). The van der Waals surface area contributed by atoms with Gasteiger partial charge in [-0.05, 0) is 18.8 Å². The SMILES string of the molecule is O=C(CC1CCCC1)NCc1c(-c2ccccc2)nc2n1CCS2. The highest BCUT2D eigenvalue weighted by Crippen LogP contribution is 2.33. The van der Waals surface area contributed by atoms with Crippen LogP contribution in [0.1, 0.15) is 37.8 Å². The predicted molar refractivity (Wildman–Crippen MR) is 96.8 cm³/mol. The molecule has 24 heavy (non-hydrogen) atoms. The van der Waals surface area contributed by atoms with Crippen LogP contribution in [0.3, 0.4) is 0 Å². The Morgan fingerprint density at radius 3 is 2.83 bits per heavy atom. The van der Waals surface area contributed by atoms with Crippen molar-refractivity contribution in [3.8, 4) is 11.3 Å². The predicted octanol–water partition coefficient (Wildman–Crippen LogP) is 3.85. The molecule has 2 heterocycles. The van der Waals surface area contributed by atoms with Gasteiger partial charge >= 0.3 is 0 Å². The molecule has 1 aliphatic carbocycles. The average molecular weight is 341 g/mol. The van der Waals surface area contributed by atoms with E-state index < -0.39 is 0 Å². The summed E-state index contributed by atoms with van der Waals surface area (Å²) in [7, 11) is 0. The number of imidazole rings is 1. The van der Waals surface area contributed by atoms with Crippen molar-refractivity contribution in [2.45, 2.75) is 50.4 Å². The van der Waals surface area contributed by atoms with Crippen LogP contribution in [0.2, 0.25) is 0 Å². The van der Waals surface area contributed by atoms with Crippen molar-refractivity contribution in [1.82, 2.24) is 14.9 Å². The number of hydrogen-bond donors (Lipinski definition) is 1. The fourth-order valence-electron chi connectivity index (χ4n) is 3.77. The Kier molecular flexibility index (Phi) is 4.60. The summed E-state index contributed by atoms with van der Waals surface area (Å²) < 4.78 is 2.27. The fourth-order valence-corrected chi connectivity index (χ4v) is 4.74. The van der Waals surface area contributed by atoms with Crippen molar-refractivity contribution in [1.29, 1.82) is 0 Å². The van der Waals surface area contributed by atoms with E-state index in [0.717, 1.165) is 34.4 Å². The molecule has 1 amide bonds. The van der Waals surface area contributed by atoms with Gasteiger partial charge in [-0.3, -0.25) is 4.79 Å². The molecule has 5 heteroatoms. The van der Waals surface area contributed by atoms with Gasteiger partial charge < -0.3 is 9.88 Å². The zero-order valence-electron chi connectivity index (χ0n) is 13.8. The lowest BCUT2D eigenvalue weighted by molar-refractivity contribution is -0.122. The minimum absolute atomic E-state index is 0.183. The van der Waals surface area contributed by atoms with Gasteiger partial charge in [-0.15, -0.1) is 0 Å². The normalized spacial score (nSPS) is 17.2. The first-order chi connectivity index (χ1) is 11.8. The zero-order chi connectivity index (χ0) is 16.4. The molecule has 126 valence electrons. The fraction of sp³-hybridized carbons (Fsp3) is 0.474. The molecule has 4 rings (SSSR count). The van der Waals surface area contributed by atoms with Gasteiger partial charge in [-0.25, -0.2) is 4.98 Å². The lowest BCUT2D eigenvalue weighted by atomic mass is 10.0. The van der Waals surface area contributed by atoms with Crippen molar-refractivity contribution in [2.75, 3.05) is 5.75 Å². The summed E-state index contributed by atoms with van der Waals surface area (Å²) in [4.78, 5) is 17.1. The topological polar surface area (TPSA) is 46.9 Å². The summed E-state index contributed by atoms with van der Waals surface area (Å²) >= 11 is 1.80. The molecule has 1 aromatic carbocycles. The van der Waals surface area contributed by atoms with E-state index in [-0.39, 0.29) is 5.91 Å². The van der Waals surface area contributed by atoms with Gasteiger partial charge in [0.1, 0.15) is 0 Å². The van der Waals surface area contributed by atoms with Crippen LogP contribution in [-0.2, 0) is 17.9 Å². The molecular weight excluding hydrogens is 318 g/mol. The molecule has 0 bridgehead atoms. The Morgan fingerprint density at radius 2 is 2.04 bits per heavy atom. The summed E-state index contributed by atoms with van der Waals surface area (Å²) in [5, 5.41) is 4.22. The number of nitrogens with zero attached hydrogens (tertiary/aromatic N) is 2. The van der Waals surface area contributed by atoms with Gasteiger partial charge in [0.15, 0.2) is 5.16 Å². The summed E-state index contributed by atoms with van der Waals surface area (Å²) in [5.74, 6) is 1.84. The Hall–Kier alpha value is -1.75. The van der Waals surface area contributed by atoms with E-state index in [1.54, 1.807) is 11.8 Å². The van der Waals surface area contributed by atoms with Gasteiger partial charge in [0, 0.05) is 24.3 Å². The van der Waals surface area contributed by atoms with Crippen LogP contribution in [0, 0.1) is 5.92 Å². The molecule has 0 atom stereocenters. The summed E-state index contributed by atoms with van der Waals surface area (Å²) in [6, 6.07) is 10.3. The van der Waals surface area contributed by atoms with Crippen LogP contribution in [0.5, 0.6) is 0 Å². The first-order valence-electron chi connectivity index (χ1n) is 8.85. The summed E-state index contributed by atoms with van der Waals surface area (Å²) in [6.07, 6.45) is 5.66. The van der Waals surface area contributed by atoms with Crippen molar-refractivity contribution >= 4 is 17.7 Å². The van der Waals surface area contributed by atoms with E-state index in [9.17, 15) is 4.79 Å². The Morgan fingerprint density at radius 1 is 1.25 bits per heavy atom. The lowest BCUT2D eigenvalue weighted by Crippen LogP contribution is -2.26. The highest BCUT2D eigenvalue weighted by atomic mass is 32.2. The molecule has 1 N–H and O–H groups in total. The van der Waals surface area contributed by atoms with Gasteiger partial charge in [-0.2, -0.15) is 0 Å². The van der Waals surface area contributed by atoms with E-state index in [2.05, 4.69) is 22.0 Å². The third-order valence-electron chi connectivity index (χ3n) is 5.03. The molecule has 0 saturated heterocycles. The van der Waals surface area contributed by atoms with E-state index >= 15 is 0 Å². The van der Waals surface area contributed by atoms with Crippen LogP contribution in [0.4, 0.5) is 0 Å². The molecule has 0 radical (unpaired) electrons. The second-order valence-electron chi connectivity index (χ2n) is 6.69. The molecule has 1 saturated carbocycles. The number of carbonyl (C=O) groups is 1. The Bertz CT molecular complexity index is 720. The van der Waals surface area contributed by atoms with Crippen LogP contribution >= 0.6 is 11.8 Å². The number of benzene rings is 1. The van der Waals surface area contributed by atoms with Gasteiger partial charge in [-0.1, -0.05) is 54.9 Å².